The van der Waals surface area contributed by atoms with Crippen molar-refractivity contribution in [3.63, 3.8) is 0 Å². The zero-order chi connectivity index (χ0) is 18.0. The molecular formula is C17H18BrN5O2. The third-order valence-corrected chi connectivity index (χ3v) is 4.42. The molecular weight excluding hydrogens is 386 g/mol. The van der Waals surface area contributed by atoms with Crippen LogP contribution < -0.4 is 10.9 Å². The number of fused-ring (bicyclic) bond motifs is 1. The average Bonchev–Trinajstić information content (AvgIpc) is 2.94. The van der Waals surface area contributed by atoms with Gasteiger partial charge in [0, 0.05) is 17.6 Å². The van der Waals surface area contributed by atoms with Crippen molar-refractivity contribution in [3.05, 3.63) is 57.2 Å². The highest BCUT2D eigenvalue weighted by Crippen LogP contribution is 2.12. The van der Waals surface area contributed by atoms with Crippen LogP contribution in [0.3, 0.4) is 0 Å². The zero-order valence-electron chi connectivity index (χ0n) is 13.9. The van der Waals surface area contributed by atoms with E-state index in [0.29, 0.717) is 17.5 Å². The molecule has 0 spiro atoms. The molecule has 0 aliphatic rings. The predicted molar refractivity (Wildman–Crippen MR) is 98.2 cm³/mol. The molecule has 3 aromatic rings. The lowest BCUT2D eigenvalue weighted by Crippen LogP contribution is -2.38. The number of aryl methyl sites for hydroxylation is 1. The second-order valence-corrected chi connectivity index (χ2v) is 6.90. The highest BCUT2D eigenvalue weighted by Gasteiger charge is 2.12. The van der Waals surface area contributed by atoms with Crippen LogP contribution in [0.15, 0.2) is 46.1 Å². The van der Waals surface area contributed by atoms with Crippen LogP contribution in [0.5, 0.6) is 0 Å². The van der Waals surface area contributed by atoms with Gasteiger partial charge in [-0.15, -0.1) is 0 Å². The van der Waals surface area contributed by atoms with Crippen molar-refractivity contribution in [2.75, 3.05) is 0 Å². The maximum absolute atomic E-state index is 12.4. The topological polar surface area (TPSA) is 81.8 Å². The summed E-state index contributed by atoms with van der Waals surface area (Å²) in [4.78, 5) is 28.8. The molecule has 130 valence electrons. The van der Waals surface area contributed by atoms with E-state index in [0.717, 1.165) is 10.0 Å². The molecule has 1 atom stereocenters. The van der Waals surface area contributed by atoms with Crippen molar-refractivity contribution in [2.24, 2.45) is 7.05 Å². The first-order valence-corrected chi connectivity index (χ1v) is 8.64. The minimum Gasteiger partial charge on any atom is -0.352 e. The van der Waals surface area contributed by atoms with Crippen LogP contribution in [0.1, 0.15) is 12.5 Å². The summed E-state index contributed by atoms with van der Waals surface area (Å²) >= 11 is 3.40. The van der Waals surface area contributed by atoms with Gasteiger partial charge in [0.15, 0.2) is 5.65 Å². The Hall–Kier alpha value is -2.48. The molecule has 3 rings (SSSR count). The Bertz CT molecular complexity index is 961. The van der Waals surface area contributed by atoms with Crippen molar-refractivity contribution < 1.29 is 4.79 Å². The van der Waals surface area contributed by atoms with Gasteiger partial charge in [-0.05, 0) is 31.0 Å². The Kier molecular flexibility index (Phi) is 4.98. The molecule has 0 aliphatic carbocycles. The van der Waals surface area contributed by atoms with E-state index in [1.165, 1.54) is 21.8 Å². The lowest BCUT2D eigenvalue weighted by atomic mass is 10.1. The van der Waals surface area contributed by atoms with Gasteiger partial charge < -0.3 is 5.32 Å². The van der Waals surface area contributed by atoms with Crippen LogP contribution >= 0.6 is 15.9 Å². The number of halogens is 1. The second-order valence-electron chi connectivity index (χ2n) is 5.98. The summed E-state index contributed by atoms with van der Waals surface area (Å²) in [5, 5.41) is 7.33. The number of carbonyl (C=O) groups excluding carboxylic acids is 1. The number of nitrogens with zero attached hydrogens (tertiary/aromatic N) is 4. The lowest BCUT2D eigenvalue weighted by Gasteiger charge is -2.14. The minimum atomic E-state index is -0.270. The van der Waals surface area contributed by atoms with E-state index in [1.54, 1.807) is 7.05 Å². The van der Waals surface area contributed by atoms with Gasteiger partial charge in [0.2, 0.25) is 5.91 Å². The highest BCUT2D eigenvalue weighted by atomic mass is 79.9. The largest absolute Gasteiger partial charge is 0.352 e. The molecule has 2 heterocycles. The van der Waals surface area contributed by atoms with E-state index in [2.05, 4.69) is 31.3 Å². The van der Waals surface area contributed by atoms with E-state index in [4.69, 9.17) is 0 Å². The Balaban J connectivity index is 1.65. The smallest absolute Gasteiger partial charge is 0.264 e. The molecule has 25 heavy (non-hydrogen) atoms. The normalized spacial score (nSPS) is 12.3. The van der Waals surface area contributed by atoms with E-state index >= 15 is 0 Å². The average molecular weight is 404 g/mol. The molecule has 0 saturated carbocycles. The monoisotopic (exact) mass is 403 g/mol. The minimum absolute atomic E-state index is 0.0422. The van der Waals surface area contributed by atoms with Gasteiger partial charge in [-0.2, -0.15) is 5.10 Å². The van der Waals surface area contributed by atoms with Gasteiger partial charge in [0.05, 0.1) is 6.20 Å². The van der Waals surface area contributed by atoms with E-state index in [9.17, 15) is 9.59 Å². The number of aromatic nitrogens is 4. The van der Waals surface area contributed by atoms with Crippen molar-refractivity contribution in [1.29, 1.82) is 0 Å². The summed E-state index contributed by atoms with van der Waals surface area (Å²) in [7, 11) is 1.72. The molecule has 0 aliphatic heterocycles. The number of carbonyl (C=O) groups is 1. The van der Waals surface area contributed by atoms with Crippen LogP contribution in [0.4, 0.5) is 0 Å². The van der Waals surface area contributed by atoms with E-state index in [-0.39, 0.29) is 24.1 Å². The first-order valence-electron chi connectivity index (χ1n) is 7.85. The standard InChI is InChI=1S/C17H18BrN5O2/c1-11(7-12-3-5-13(18)6-4-12)21-15(24)9-23-10-19-16-14(17(23)25)8-20-22(16)2/h3-6,8,10-11H,7,9H2,1-2H3,(H,21,24). The van der Waals surface area contributed by atoms with Crippen LogP contribution in [0.2, 0.25) is 0 Å². The Morgan fingerprint density at radius 3 is 2.76 bits per heavy atom. The van der Waals surface area contributed by atoms with Gasteiger partial charge in [-0.1, -0.05) is 28.1 Å². The molecule has 2 aromatic heterocycles. The van der Waals surface area contributed by atoms with Gasteiger partial charge in [0.25, 0.3) is 5.56 Å². The number of nitrogens with one attached hydrogen (secondary N) is 1. The summed E-state index contributed by atoms with van der Waals surface area (Å²) in [5.41, 5.74) is 1.37. The van der Waals surface area contributed by atoms with Gasteiger partial charge in [-0.3, -0.25) is 18.8 Å². The molecule has 7 nitrogen and oxygen atoms in total. The van der Waals surface area contributed by atoms with Crippen molar-refractivity contribution in [3.8, 4) is 0 Å². The van der Waals surface area contributed by atoms with Crippen molar-refractivity contribution in [2.45, 2.75) is 25.9 Å². The lowest BCUT2D eigenvalue weighted by molar-refractivity contribution is -0.122. The summed E-state index contributed by atoms with van der Waals surface area (Å²) in [6.07, 6.45) is 3.56. The van der Waals surface area contributed by atoms with Gasteiger partial charge in [-0.25, -0.2) is 4.98 Å². The van der Waals surface area contributed by atoms with Gasteiger partial charge >= 0.3 is 0 Å². The molecule has 1 unspecified atom stereocenters. The molecule has 0 radical (unpaired) electrons. The highest BCUT2D eigenvalue weighted by molar-refractivity contribution is 9.10. The molecule has 0 fully saturated rings. The predicted octanol–water partition coefficient (Wildman–Crippen LogP) is 1.64. The fourth-order valence-electron chi connectivity index (χ4n) is 2.68. The van der Waals surface area contributed by atoms with Crippen LogP contribution in [-0.4, -0.2) is 31.3 Å². The maximum atomic E-state index is 12.4. The third kappa shape index (κ3) is 3.96. The summed E-state index contributed by atoms with van der Waals surface area (Å²) in [6, 6.07) is 7.92. The molecule has 0 bridgehead atoms. The molecule has 1 amide bonds. The Labute approximate surface area is 152 Å². The zero-order valence-corrected chi connectivity index (χ0v) is 15.5. The van der Waals surface area contributed by atoms with E-state index < -0.39 is 0 Å². The number of hydrogen-bond acceptors (Lipinski definition) is 4. The molecule has 8 heteroatoms. The first-order chi connectivity index (χ1) is 11.9. The Morgan fingerprint density at radius 1 is 1.32 bits per heavy atom. The van der Waals surface area contributed by atoms with Crippen LogP contribution in [-0.2, 0) is 24.8 Å². The number of amides is 1. The number of benzene rings is 1. The van der Waals surface area contributed by atoms with Crippen LogP contribution in [0.25, 0.3) is 11.0 Å². The Morgan fingerprint density at radius 2 is 2.04 bits per heavy atom. The number of hydrogen-bond donors (Lipinski definition) is 1. The summed E-state index contributed by atoms with van der Waals surface area (Å²) in [6.45, 7) is 1.87. The van der Waals surface area contributed by atoms with Crippen molar-refractivity contribution in [1.82, 2.24) is 24.6 Å². The second kappa shape index (κ2) is 7.18. The third-order valence-electron chi connectivity index (χ3n) is 3.89. The first kappa shape index (κ1) is 17.3. The molecule has 0 saturated heterocycles. The van der Waals surface area contributed by atoms with Crippen LogP contribution in [0, 0.1) is 0 Å². The SMILES string of the molecule is CC(Cc1ccc(Br)cc1)NC(=O)Cn1cnc2c(cnn2C)c1=O. The number of rotatable bonds is 5. The van der Waals surface area contributed by atoms with Crippen molar-refractivity contribution >= 4 is 32.9 Å². The molecule has 1 aromatic carbocycles. The van der Waals surface area contributed by atoms with E-state index in [1.807, 2.05) is 31.2 Å². The summed E-state index contributed by atoms with van der Waals surface area (Å²) in [5.74, 6) is -0.225. The maximum Gasteiger partial charge on any atom is 0.264 e. The quantitative estimate of drug-likeness (QED) is 0.701. The molecule has 1 N–H and O–H groups in total. The fraction of sp³-hybridized carbons (Fsp3) is 0.294. The van der Waals surface area contributed by atoms with Gasteiger partial charge in [0.1, 0.15) is 18.3 Å². The fourth-order valence-corrected chi connectivity index (χ4v) is 2.94. The summed E-state index contributed by atoms with van der Waals surface area (Å²) < 4.78 is 3.85.